The highest BCUT2D eigenvalue weighted by Gasteiger charge is 2.44. The molecule has 0 unspecified atom stereocenters. The molecule has 0 bridgehead atoms. The molecule has 0 spiro atoms. The summed E-state index contributed by atoms with van der Waals surface area (Å²) in [6.07, 6.45) is 5.90. The highest BCUT2D eigenvalue weighted by atomic mass is 16.4. The summed E-state index contributed by atoms with van der Waals surface area (Å²) in [7, 11) is 0. The van der Waals surface area contributed by atoms with Gasteiger partial charge in [-0.2, -0.15) is 0 Å². The number of amides is 2. The van der Waals surface area contributed by atoms with Gasteiger partial charge in [0.25, 0.3) is 0 Å². The minimum Gasteiger partial charge on any atom is -0.481 e. The Morgan fingerprint density at radius 2 is 1.95 bits per heavy atom. The summed E-state index contributed by atoms with van der Waals surface area (Å²) in [5, 5.41) is 20.9. The molecule has 0 heterocycles. The van der Waals surface area contributed by atoms with E-state index in [4.69, 9.17) is 5.11 Å². The smallest absolute Gasteiger partial charge is 0.317 e. The zero-order valence-electron chi connectivity index (χ0n) is 11.8. The number of hydrogen-bond donors (Lipinski definition) is 3. The maximum Gasteiger partial charge on any atom is 0.317 e. The van der Waals surface area contributed by atoms with E-state index in [0.29, 0.717) is 25.8 Å². The Balaban J connectivity index is 1.86. The topological polar surface area (TPSA) is 89.9 Å². The average molecular weight is 284 g/mol. The number of hydrogen-bond acceptors (Lipinski definition) is 3. The fourth-order valence-corrected chi connectivity index (χ4v) is 2.81. The van der Waals surface area contributed by atoms with Crippen molar-refractivity contribution < 1.29 is 19.8 Å². The number of carbonyl (C=O) groups excluding carboxylic acids is 1. The molecule has 0 aromatic carbocycles. The van der Waals surface area contributed by atoms with Gasteiger partial charge in [-0.1, -0.05) is 6.42 Å². The Hall–Kier alpha value is -1.30. The summed E-state index contributed by atoms with van der Waals surface area (Å²) in [5.74, 6) is -0.811. The monoisotopic (exact) mass is 284 g/mol. The van der Waals surface area contributed by atoms with Gasteiger partial charge < -0.3 is 20.4 Å². The second-order valence-corrected chi connectivity index (χ2v) is 5.95. The molecule has 2 amide bonds. The molecule has 2 aliphatic rings. The quantitative estimate of drug-likeness (QED) is 0.655. The minimum atomic E-state index is -0.811. The predicted octanol–water partition coefficient (Wildman–Crippen LogP) is 1.19. The minimum absolute atomic E-state index is 0.0650. The van der Waals surface area contributed by atoms with Gasteiger partial charge in [0.2, 0.25) is 0 Å². The predicted molar refractivity (Wildman–Crippen MR) is 73.4 cm³/mol. The fourth-order valence-electron chi connectivity index (χ4n) is 2.81. The first-order valence-corrected chi connectivity index (χ1v) is 7.48. The Kier molecular flexibility index (Phi) is 4.86. The van der Waals surface area contributed by atoms with Gasteiger partial charge in [-0.3, -0.25) is 4.79 Å². The maximum absolute atomic E-state index is 12.2. The van der Waals surface area contributed by atoms with Crippen molar-refractivity contribution >= 4 is 12.0 Å². The Labute approximate surface area is 119 Å². The van der Waals surface area contributed by atoms with Crippen molar-refractivity contribution in [1.82, 2.24) is 10.2 Å². The summed E-state index contributed by atoms with van der Waals surface area (Å²) in [6.45, 7) is 0.812. The van der Waals surface area contributed by atoms with E-state index >= 15 is 0 Å². The Morgan fingerprint density at radius 1 is 1.25 bits per heavy atom. The molecule has 0 aromatic rings. The van der Waals surface area contributed by atoms with Gasteiger partial charge in [-0.25, -0.2) is 4.79 Å². The molecule has 0 aromatic heterocycles. The van der Waals surface area contributed by atoms with Gasteiger partial charge in [0.1, 0.15) is 0 Å². The number of carboxylic acids is 1. The molecule has 2 rings (SSSR count). The van der Waals surface area contributed by atoms with Gasteiger partial charge >= 0.3 is 12.0 Å². The van der Waals surface area contributed by atoms with E-state index in [1.807, 2.05) is 0 Å². The molecule has 2 fully saturated rings. The summed E-state index contributed by atoms with van der Waals surface area (Å²) < 4.78 is 0. The summed E-state index contributed by atoms with van der Waals surface area (Å²) in [5.41, 5.74) is -0.752. The van der Waals surface area contributed by atoms with Crippen LogP contribution < -0.4 is 5.32 Å². The highest BCUT2D eigenvalue weighted by Crippen LogP contribution is 2.40. The first kappa shape index (κ1) is 15.1. The molecule has 114 valence electrons. The number of nitrogens with zero attached hydrogens (tertiary/aromatic N) is 1. The normalized spacial score (nSPS) is 20.6. The Morgan fingerprint density at radius 3 is 2.35 bits per heavy atom. The maximum atomic E-state index is 12.2. The van der Waals surface area contributed by atoms with Crippen molar-refractivity contribution in [3.8, 4) is 0 Å². The van der Waals surface area contributed by atoms with Crippen LogP contribution in [0.1, 0.15) is 44.9 Å². The van der Waals surface area contributed by atoms with E-state index in [0.717, 1.165) is 25.7 Å². The molecule has 6 nitrogen and oxygen atoms in total. The largest absolute Gasteiger partial charge is 0.481 e. The molecule has 0 atom stereocenters. The van der Waals surface area contributed by atoms with Gasteiger partial charge in [-0.15, -0.1) is 0 Å². The molecule has 0 aliphatic heterocycles. The molecule has 0 radical (unpaired) electrons. The number of urea groups is 1. The summed E-state index contributed by atoms with van der Waals surface area (Å²) in [6, 6.07) is 0.0689. The van der Waals surface area contributed by atoms with Crippen LogP contribution in [0.4, 0.5) is 4.79 Å². The zero-order valence-corrected chi connectivity index (χ0v) is 11.8. The van der Waals surface area contributed by atoms with Crippen LogP contribution in [0.3, 0.4) is 0 Å². The lowest BCUT2D eigenvalue weighted by atomic mass is 9.69. The number of aliphatic hydroxyl groups is 1. The number of nitrogens with one attached hydrogen (secondary N) is 1. The van der Waals surface area contributed by atoms with Gasteiger partial charge in [-0.05, 0) is 38.5 Å². The first-order chi connectivity index (χ1) is 9.59. The van der Waals surface area contributed by atoms with E-state index in [1.54, 1.807) is 4.90 Å². The third kappa shape index (κ3) is 3.06. The molecule has 0 saturated heterocycles. The van der Waals surface area contributed by atoms with E-state index in [-0.39, 0.29) is 25.2 Å². The lowest BCUT2D eigenvalue weighted by molar-refractivity contribution is -0.153. The summed E-state index contributed by atoms with van der Waals surface area (Å²) in [4.78, 5) is 25.3. The van der Waals surface area contributed by atoms with Crippen molar-refractivity contribution in [2.75, 3.05) is 19.7 Å². The number of aliphatic hydroxyl groups excluding tert-OH is 1. The number of aliphatic carboxylic acids is 1. The van der Waals surface area contributed by atoms with Crippen molar-refractivity contribution in [3.05, 3.63) is 0 Å². The van der Waals surface area contributed by atoms with Crippen molar-refractivity contribution in [2.45, 2.75) is 51.0 Å². The number of carboxylic acid groups (broad SMARTS) is 1. The van der Waals surface area contributed by atoms with Crippen LogP contribution in [0.15, 0.2) is 0 Å². The van der Waals surface area contributed by atoms with E-state index < -0.39 is 11.4 Å². The van der Waals surface area contributed by atoms with E-state index in [2.05, 4.69) is 5.32 Å². The third-order valence-electron chi connectivity index (χ3n) is 4.68. The SMILES string of the molecule is O=C(NCC1(C(=O)O)CCC1)N(CCCO)C1CCC1. The molecule has 2 saturated carbocycles. The Bertz CT molecular complexity index is 364. The third-order valence-corrected chi connectivity index (χ3v) is 4.68. The van der Waals surface area contributed by atoms with Crippen LogP contribution >= 0.6 is 0 Å². The molecule has 20 heavy (non-hydrogen) atoms. The van der Waals surface area contributed by atoms with Crippen LogP contribution in [0, 0.1) is 5.41 Å². The fraction of sp³-hybridized carbons (Fsp3) is 0.857. The van der Waals surface area contributed by atoms with E-state index in [9.17, 15) is 14.7 Å². The lowest BCUT2D eigenvalue weighted by Gasteiger charge is -2.40. The second kappa shape index (κ2) is 6.43. The molecular weight excluding hydrogens is 260 g/mol. The lowest BCUT2D eigenvalue weighted by Crippen LogP contribution is -2.54. The second-order valence-electron chi connectivity index (χ2n) is 5.95. The van der Waals surface area contributed by atoms with Crippen LogP contribution in [0.2, 0.25) is 0 Å². The first-order valence-electron chi connectivity index (χ1n) is 7.48. The van der Waals surface area contributed by atoms with Gasteiger partial charge in [0, 0.05) is 25.7 Å². The standard InChI is InChI=1S/C14H24N2O4/c17-9-3-8-16(11-4-1-5-11)13(20)15-10-14(12(18)19)6-2-7-14/h11,17H,1-10H2,(H,15,20)(H,18,19). The van der Waals surface area contributed by atoms with E-state index in [1.165, 1.54) is 0 Å². The van der Waals surface area contributed by atoms with Crippen molar-refractivity contribution in [1.29, 1.82) is 0 Å². The molecular formula is C14H24N2O4. The van der Waals surface area contributed by atoms with Crippen LogP contribution in [-0.4, -0.2) is 52.9 Å². The van der Waals surface area contributed by atoms with Gasteiger partial charge in [0.05, 0.1) is 5.41 Å². The molecule has 6 heteroatoms. The summed E-state index contributed by atoms with van der Waals surface area (Å²) >= 11 is 0. The van der Waals surface area contributed by atoms with Crippen molar-refractivity contribution in [2.24, 2.45) is 5.41 Å². The van der Waals surface area contributed by atoms with Crippen LogP contribution in [-0.2, 0) is 4.79 Å². The number of rotatable bonds is 7. The molecule has 2 aliphatic carbocycles. The highest BCUT2D eigenvalue weighted by molar-refractivity contribution is 5.79. The van der Waals surface area contributed by atoms with Crippen LogP contribution in [0.5, 0.6) is 0 Å². The number of carbonyl (C=O) groups is 2. The molecule has 3 N–H and O–H groups in total. The zero-order chi connectivity index (χ0) is 14.6. The van der Waals surface area contributed by atoms with Gasteiger partial charge in [0.15, 0.2) is 0 Å². The average Bonchev–Trinajstić information content (AvgIpc) is 2.29. The van der Waals surface area contributed by atoms with Crippen molar-refractivity contribution in [3.63, 3.8) is 0 Å². The van der Waals surface area contributed by atoms with Crippen LogP contribution in [0.25, 0.3) is 0 Å².